The number of fused-ring (bicyclic) bond motifs is 1. The Morgan fingerprint density at radius 3 is 2.70 bits per heavy atom. The standard InChI is InChI=1S/C20H28N4O2.ClH/c1-3-24(19(25)12-14(2)15-8-10-21-11-9-15)13-18-22-17-7-5-4-6-16(17)20(26)23-18;/h4-7,14-15,21H,3,8-13H2,1-2H3,(H,22,23,26);1H. The molecule has 1 aromatic heterocycles. The minimum atomic E-state index is -0.155. The number of halogens is 1. The lowest BCUT2D eigenvalue weighted by molar-refractivity contribution is -0.133. The Morgan fingerprint density at radius 1 is 1.30 bits per heavy atom. The van der Waals surface area contributed by atoms with Gasteiger partial charge in [-0.2, -0.15) is 0 Å². The third kappa shape index (κ3) is 5.30. The minimum absolute atomic E-state index is 0. The fourth-order valence-electron chi connectivity index (χ4n) is 3.75. The maximum atomic E-state index is 12.8. The van der Waals surface area contributed by atoms with Gasteiger partial charge in [0.2, 0.25) is 5.91 Å². The van der Waals surface area contributed by atoms with Crippen LogP contribution in [0.15, 0.2) is 29.1 Å². The summed E-state index contributed by atoms with van der Waals surface area (Å²) in [4.78, 5) is 34.1. The monoisotopic (exact) mass is 392 g/mol. The van der Waals surface area contributed by atoms with E-state index in [4.69, 9.17) is 0 Å². The van der Waals surface area contributed by atoms with Gasteiger partial charge in [0.1, 0.15) is 5.82 Å². The summed E-state index contributed by atoms with van der Waals surface area (Å²) in [6, 6.07) is 7.27. The Hall–Kier alpha value is -1.92. The molecule has 1 atom stereocenters. The lowest BCUT2D eigenvalue weighted by Gasteiger charge is -2.29. The molecule has 0 bridgehead atoms. The van der Waals surface area contributed by atoms with E-state index in [0.717, 1.165) is 25.9 Å². The molecule has 3 rings (SSSR count). The number of carbonyl (C=O) groups excluding carboxylic acids is 1. The highest BCUT2D eigenvalue weighted by molar-refractivity contribution is 5.85. The largest absolute Gasteiger partial charge is 0.335 e. The van der Waals surface area contributed by atoms with Crippen molar-refractivity contribution in [2.45, 2.75) is 39.7 Å². The summed E-state index contributed by atoms with van der Waals surface area (Å²) in [6.07, 6.45) is 2.83. The topological polar surface area (TPSA) is 78.1 Å². The maximum Gasteiger partial charge on any atom is 0.258 e. The zero-order valence-corrected chi connectivity index (χ0v) is 16.8. The number of carbonyl (C=O) groups is 1. The normalized spacial score (nSPS) is 15.9. The van der Waals surface area contributed by atoms with E-state index in [1.165, 1.54) is 0 Å². The van der Waals surface area contributed by atoms with Crippen molar-refractivity contribution < 1.29 is 4.79 Å². The quantitative estimate of drug-likeness (QED) is 0.792. The Bertz CT molecular complexity index is 817. The number of para-hydroxylation sites is 1. The lowest BCUT2D eigenvalue weighted by Crippen LogP contribution is -2.36. The van der Waals surface area contributed by atoms with Crippen molar-refractivity contribution in [2.24, 2.45) is 11.8 Å². The number of piperidine rings is 1. The summed E-state index contributed by atoms with van der Waals surface area (Å²) in [7, 11) is 0. The second kappa shape index (κ2) is 9.85. The van der Waals surface area contributed by atoms with Gasteiger partial charge in [0.15, 0.2) is 0 Å². The number of aromatic amines is 1. The van der Waals surface area contributed by atoms with Crippen LogP contribution in [0, 0.1) is 11.8 Å². The van der Waals surface area contributed by atoms with E-state index in [1.54, 1.807) is 11.0 Å². The van der Waals surface area contributed by atoms with Crippen molar-refractivity contribution >= 4 is 29.2 Å². The number of hydrogen-bond donors (Lipinski definition) is 2. The van der Waals surface area contributed by atoms with Crippen LogP contribution in [0.4, 0.5) is 0 Å². The molecule has 1 aliphatic heterocycles. The summed E-state index contributed by atoms with van der Waals surface area (Å²) < 4.78 is 0. The van der Waals surface area contributed by atoms with Gasteiger partial charge >= 0.3 is 0 Å². The fraction of sp³-hybridized carbons (Fsp3) is 0.550. The number of hydrogen-bond acceptors (Lipinski definition) is 4. The van der Waals surface area contributed by atoms with Gasteiger partial charge in [0.25, 0.3) is 5.56 Å². The van der Waals surface area contributed by atoms with Crippen molar-refractivity contribution in [3.63, 3.8) is 0 Å². The predicted molar refractivity (Wildman–Crippen MR) is 110 cm³/mol. The zero-order chi connectivity index (χ0) is 18.5. The molecule has 7 heteroatoms. The first-order chi connectivity index (χ1) is 12.6. The first-order valence-electron chi connectivity index (χ1n) is 9.55. The molecular weight excluding hydrogens is 364 g/mol. The first kappa shape index (κ1) is 21.4. The van der Waals surface area contributed by atoms with Crippen molar-refractivity contribution in [1.82, 2.24) is 20.2 Å². The highest BCUT2D eigenvalue weighted by Crippen LogP contribution is 2.25. The molecule has 27 heavy (non-hydrogen) atoms. The molecule has 1 aliphatic rings. The van der Waals surface area contributed by atoms with Gasteiger partial charge in [-0.05, 0) is 56.8 Å². The molecule has 1 fully saturated rings. The summed E-state index contributed by atoms with van der Waals surface area (Å²) in [6.45, 7) is 7.18. The fourth-order valence-corrected chi connectivity index (χ4v) is 3.75. The van der Waals surface area contributed by atoms with Crippen molar-refractivity contribution in [3.8, 4) is 0 Å². The number of H-pyrrole nitrogens is 1. The molecule has 6 nitrogen and oxygen atoms in total. The molecule has 2 aromatic rings. The third-order valence-electron chi connectivity index (χ3n) is 5.42. The highest BCUT2D eigenvalue weighted by Gasteiger charge is 2.24. The second-order valence-corrected chi connectivity index (χ2v) is 7.21. The number of aromatic nitrogens is 2. The van der Waals surface area contributed by atoms with Gasteiger partial charge in [0.05, 0.1) is 17.4 Å². The SMILES string of the molecule is CCN(Cc1nc2ccccc2c(=O)[nH]1)C(=O)CC(C)C1CCNCC1.Cl. The van der Waals surface area contributed by atoms with Gasteiger partial charge in [-0.25, -0.2) is 4.98 Å². The smallest absolute Gasteiger partial charge is 0.258 e. The lowest BCUT2D eigenvalue weighted by atomic mass is 9.84. The van der Waals surface area contributed by atoms with Crippen LogP contribution >= 0.6 is 12.4 Å². The first-order valence-corrected chi connectivity index (χ1v) is 9.55. The van der Waals surface area contributed by atoms with Crippen LogP contribution in [-0.2, 0) is 11.3 Å². The van der Waals surface area contributed by atoms with Crippen LogP contribution in [0.2, 0.25) is 0 Å². The zero-order valence-electron chi connectivity index (χ0n) is 16.0. The number of nitrogens with zero attached hydrogens (tertiary/aromatic N) is 2. The van der Waals surface area contributed by atoms with E-state index in [1.807, 2.05) is 25.1 Å². The van der Waals surface area contributed by atoms with Crippen LogP contribution in [0.5, 0.6) is 0 Å². The molecule has 1 saturated heterocycles. The molecule has 2 N–H and O–H groups in total. The van der Waals surface area contributed by atoms with E-state index in [0.29, 0.717) is 48.1 Å². The van der Waals surface area contributed by atoms with E-state index in [9.17, 15) is 9.59 Å². The molecule has 1 unspecified atom stereocenters. The highest BCUT2D eigenvalue weighted by atomic mass is 35.5. The van der Waals surface area contributed by atoms with Crippen LogP contribution in [0.3, 0.4) is 0 Å². The molecular formula is C20H29ClN4O2. The summed E-state index contributed by atoms with van der Waals surface area (Å²) in [5.41, 5.74) is 0.509. The minimum Gasteiger partial charge on any atom is -0.335 e. The van der Waals surface area contributed by atoms with Crippen molar-refractivity contribution in [2.75, 3.05) is 19.6 Å². The summed E-state index contributed by atoms with van der Waals surface area (Å²) in [5.74, 6) is 1.66. The van der Waals surface area contributed by atoms with E-state index in [-0.39, 0.29) is 23.9 Å². The average molecular weight is 393 g/mol. The van der Waals surface area contributed by atoms with Crippen LogP contribution in [0.1, 0.15) is 38.9 Å². The maximum absolute atomic E-state index is 12.8. The average Bonchev–Trinajstić information content (AvgIpc) is 2.66. The molecule has 2 heterocycles. The van der Waals surface area contributed by atoms with Crippen molar-refractivity contribution in [1.29, 1.82) is 0 Å². The van der Waals surface area contributed by atoms with E-state index < -0.39 is 0 Å². The number of rotatable bonds is 6. The summed E-state index contributed by atoms with van der Waals surface area (Å²) >= 11 is 0. The van der Waals surface area contributed by atoms with Crippen LogP contribution < -0.4 is 10.9 Å². The Morgan fingerprint density at radius 2 is 2.00 bits per heavy atom. The Labute approximate surface area is 166 Å². The van der Waals surface area contributed by atoms with E-state index >= 15 is 0 Å². The third-order valence-corrected chi connectivity index (χ3v) is 5.42. The van der Waals surface area contributed by atoms with Crippen molar-refractivity contribution in [3.05, 3.63) is 40.4 Å². The molecule has 0 aliphatic carbocycles. The number of amides is 1. The Balaban J connectivity index is 0.00000261. The molecule has 1 amide bonds. The van der Waals surface area contributed by atoms with Gasteiger partial charge in [0, 0.05) is 13.0 Å². The molecule has 148 valence electrons. The summed E-state index contributed by atoms with van der Waals surface area (Å²) in [5, 5.41) is 3.95. The van der Waals surface area contributed by atoms with Gasteiger partial charge in [-0.15, -0.1) is 12.4 Å². The molecule has 0 saturated carbocycles. The van der Waals surface area contributed by atoms with Crippen LogP contribution in [0.25, 0.3) is 10.9 Å². The second-order valence-electron chi connectivity index (χ2n) is 7.21. The Kier molecular flexibility index (Phi) is 7.80. The molecule has 0 spiro atoms. The van der Waals surface area contributed by atoms with Crippen LogP contribution in [-0.4, -0.2) is 40.4 Å². The van der Waals surface area contributed by atoms with Gasteiger partial charge < -0.3 is 15.2 Å². The predicted octanol–water partition coefficient (Wildman–Crippen LogP) is 2.72. The molecule has 1 aromatic carbocycles. The number of nitrogens with one attached hydrogen (secondary N) is 2. The van der Waals surface area contributed by atoms with Gasteiger partial charge in [-0.3, -0.25) is 9.59 Å². The molecule has 0 radical (unpaired) electrons. The van der Waals surface area contributed by atoms with E-state index in [2.05, 4.69) is 22.2 Å². The number of benzene rings is 1. The van der Waals surface area contributed by atoms with Gasteiger partial charge in [-0.1, -0.05) is 19.1 Å².